The van der Waals surface area contributed by atoms with E-state index >= 15 is 0 Å². The van der Waals surface area contributed by atoms with Gasteiger partial charge in [0.15, 0.2) is 5.82 Å². The van der Waals surface area contributed by atoms with Crippen LogP contribution in [-0.4, -0.2) is 14.5 Å². The highest BCUT2D eigenvalue weighted by Gasteiger charge is 2.21. The van der Waals surface area contributed by atoms with Gasteiger partial charge in [0.05, 0.1) is 38.9 Å². The first-order chi connectivity index (χ1) is 29.8. The lowest BCUT2D eigenvalue weighted by Crippen LogP contribution is -1.99. The summed E-state index contributed by atoms with van der Waals surface area (Å²) in [6.45, 7) is 0. The minimum atomic E-state index is -0.717. The van der Waals surface area contributed by atoms with E-state index in [0.717, 1.165) is 26.5 Å². The van der Waals surface area contributed by atoms with Gasteiger partial charge in [-0.25, -0.2) is 9.97 Å². The highest BCUT2D eigenvalue weighted by atomic mass is 16.3. The van der Waals surface area contributed by atoms with Crippen molar-refractivity contribution in [3.05, 3.63) is 176 Å². The molecule has 0 saturated heterocycles. The average molecular weight is 652 g/mol. The molecule has 0 aliphatic carbocycles. The van der Waals surface area contributed by atoms with Crippen LogP contribution in [0.15, 0.2) is 180 Å². The van der Waals surface area contributed by atoms with Crippen LogP contribution in [0.25, 0.3) is 94.5 Å². The smallest absolute Gasteiger partial charge is 0.162 e. The van der Waals surface area contributed by atoms with E-state index in [-0.39, 0.29) is 33.2 Å². The summed E-state index contributed by atoms with van der Waals surface area (Å²) in [5.74, 6) is -0.159. The summed E-state index contributed by atoms with van der Waals surface area (Å²) in [7, 11) is 0. The van der Waals surface area contributed by atoms with Gasteiger partial charge in [-0.05, 0) is 53.5 Å². The van der Waals surface area contributed by atoms with Crippen molar-refractivity contribution in [2.45, 2.75) is 0 Å². The molecule has 0 amide bonds. The van der Waals surface area contributed by atoms with Crippen LogP contribution in [0.1, 0.15) is 16.4 Å². The van der Waals surface area contributed by atoms with Crippen LogP contribution in [0.3, 0.4) is 0 Å². The fourth-order valence-electron chi connectivity index (χ4n) is 6.57. The molecule has 0 aliphatic heterocycles. The number of fused-ring (bicyclic) bond motifs is 6. The van der Waals surface area contributed by atoms with Crippen molar-refractivity contribution in [3.8, 4) is 50.7 Å². The molecular weight excluding hydrogens is 611 g/mol. The van der Waals surface area contributed by atoms with Gasteiger partial charge in [-0.3, -0.25) is 0 Å². The van der Waals surface area contributed by atoms with E-state index in [2.05, 4.69) is 0 Å². The summed E-state index contributed by atoms with van der Waals surface area (Å²) in [4.78, 5) is 10.0. The quantitative estimate of drug-likeness (QED) is 0.186. The third kappa shape index (κ3) is 4.54. The largest absolute Gasteiger partial charge is 0.455 e. The zero-order valence-corrected chi connectivity index (χ0v) is 26.1. The van der Waals surface area contributed by atoms with E-state index in [1.54, 1.807) is 6.07 Å². The summed E-state index contributed by atoms with van der Waals surface area (Å²) in [6, 6.07) is 24.6. The molecule has 0 aliphatic rings. The molecule has 7 aromatic carbocycles. The molecule has 0 N–H and O–H groups in total. The van der Waals surface area contributed by atoms with E-state index in [0.29, 0.717) is 33.7 Å². The van der Waals surface area contributed by atoms with Gasteiger partial charge in [-0.15, -0.1) is 0 Å². The summed E-state index contributed by atoms with van der Waals surface area (Å²) in [5, 5.41) is 1.24. The molecule has 10 rings (SSSR count). The van der Waals surface area contributed by atoms with Crippen molar-refractivity contribution >= 4 is 43.7 Å². The van der Waals surface area contributed by atoms with Crippen LogP contribution < -0.4 is 0 Å². The first kappa shape index (κ1) is 18.7. The van der Waals surface area contributed by atoms with Gasteiger partial charge in [-0.2, -0.15) is 0 Å². The summed E-state index contributed by atoms with van der Waals surface area (Å²) in [5.41, 5.74) is 3.79. The van der Waals surface area contributed by atoms with Crippen LogP contribution >= 0.6 is 0 Å². The Morgan fingerprint density at radius 2 is 1.20 bits per heavy atom. The van der Waals surface area contributed by atoms with Crippen LogP contribution in [-0.2, 0) is 0 Å². The Labute approximate surface area is 305 Å². The molecule has 0 spiro atoms. The molecule has 3 aromatic heterocycles. The number of para-hydroxylation sites is 5. The number of benzene rings is 7. The molecular formula is C46H29N3O. The second-order valence-corrected chi connectivity index (χ2v) is 11.7. The Kier molecular flexibility index (Phi) is 4.27. The lowest BCUT2D eigenvalue weighted by atomic mass is 10.0. The maximum Gasteiger partial charge on any atom is 0.162 e. The van der Waals surface area contributed by atoms with E-state index in [4.69, 9.17) is 28.1 Å². The number of hydrogen-bond donors (Lipinski definition) is 0. The molecule has 234 valence electrons. The lowest BCUT2D eigenvalue weighted by molar-refractivity contribution is 0.670. The molecule has 0 unspecified atom stereocenters. The molecule has 4 heteroatoms. The van der Waals surface area contributed by atoms with Crippen molar-refractivity contribution in [2.24, 2.45) is 0 Å². The van der Waals surface area contributed by atoms with Crippen LogP contribution in [0.2, 0.25) is 0 Å². The highest BCUT2D eigenvalue weighted by molar-refractivity contribution is 6.14. The van der Waals surface area contributed by atoms with Gasteiger partial charge in [0, 0.05) is 43.9 Å². The first-order valence-electron chi connectivity index (χ1n) is 21.9. The molecule has 4 nitrogen and oxygen atoms in total. The minimum Gasteiger partial charge on any atom is -0.455 e. The number of rotatable bonds is 5. The van der Waals surface area contributed by atoms with Crippen molar-refractivity contribution in [3.63, 3.8) is 0 Å². The third-order valence-corrected chi connectivity index (χ3v) is 8.84. The Morgan fingerprint density at radius 3 is 2.08 bits per heavy atom. The molecule has 0 radical (unpaired) electrons. The predicted molar refractivity (Wildman–Crippen MR) is 205 cm³/mol. The second-order valence-electron chi connectivity index (χ2n) is 11.7. The second kappa shape index (κ2) is 11.4. The summed E-state index contributed by atoms with van der Waals surface area (Å²) >= 11 is 0. The fourth-order valence-corrected chi connectivity index (χ4v) is 6.57. The zero-order chi connectivity index (χ0) is 43.5. The van der Waals surface area contributed by atoms with Crippen molar-refractivity contribution in [1.82, 2.24) is 14.5 Å². The molecule has 0 fully saturated rings. The Balaban J connectivity index is 1.38. The molecule has 0 atom stereocenters. The SMILES string of the molecule is [2H]c1c([2H])c([2H])c(-n2c3c([2H])c([2H])c([2H])c([2H])c3c3c([2H])c([2H])c([2H])c(-c4nc(-c5ccc(-c6ccccc6)cc5)cc(-c5cccc6c5oc5ccccc56)n4)c32)c([2H])c1[2H]. The maximum atomic E-state index is 9.50. The van der Waals surface area contributed by atoms with E-state index in [1.165, 1.54) is 0 Å². The zero-order valence-electron chi connectivity index (χ0n) is 38.1. The Hall–Kier alpha value is -6.78. The predicted octanol–water partition coefficient (Wildman–Crippen LogP) is 12.1. The third-order valence-electron chi connectivity index (χ3n) is 8.84. The van der Waals surface area contributed by atoms with Gasteiger partial charge in [-0.1, -0.05) is 133 Å². The standard InChI is InChI=1S/C46H29N3O/c1-3-13-30(14-4-1)31-25-27-32(28-26-31)40-29-41(38-21-12-20-37-35-18-8-10-24-43(35)50-45(37)38)48-46(47-40)39-22-11-19-36-34-17-7-9-23-42(34)49(44(36)39)33-15-5-2-6-16-33/h1-29H/i2D,5D,6D,7D,9D,11D,15D,16D,17D,19D,22D,23D. The minimum absolute atomic E-state index is 0.159. The van der Waals surface area contributed by atoms with Gasteiger partial charge < -0.3 is 8.98 Å². The van der Waals surface area contributed by atoms with Crippen LogP contribution in [0.5, 0.6) is 0 Å². The number of nitrogens with zero attached hydrogens (tertiary/aromatic N) is 3. The number of furan rings is 1. The normalized spacial score (nSPS) is 15.0. The van der Waals surface area contributed by atoms with Gasteiger partial charge in [0.25, 0.3) is 0 Å². The van der Waals surface area contributed by atoms with E-state index in [9.17, 15) is 2.74 Å². The molecule has 10 aromatic rings. The van der Waals surface area contributed by atoms with E-state index < -0.39 is 78.2 Å². The van der Waals surface area contributed by atoms with Gasteiger partial charge >= 0.3 is 0 Å². The topological polar surface area (TPSA) is 43.9 Å². The van der Waals surface area contributed by atoms with Gasteiger partial charge in [0.1, 0.15) is 11.2 Å². The van der Waals surface area contributed by atoms with Crippen molar-refractivity contribution in [2.75, 3.05) is 0 Å². The molecule has 0 saturated carbocycles. The van der Waals surface area contributed by atoms with Crippen LogP contribution in [0.4, 0.5) is 0 Å². The Morgan fingerprint density at radius 1 is 0.500 bits per heavy atom. The van der Waals surface area contributed by atoms with Crippen molar-refractivity contribution in [1.29, 1.82) is 0 Å². The lowest BCUT2D eigenvalue weighted by Gasteiger charge is -2.13. The molecule has 3 heterocycles. The van der Waals surface area contributed by atoms with Crippen LogP contribution in [0, 0.1) is 0 Å². The van der Waals surface area contributed by atoms with E-state index in [1.807, 2.05) is 97.1 Å². The molecule has 0 bridgehead atoms. The highest BCUT2D eigenvalue weighted by Crippen LogP contribution is 2.40. The Bertz CT molecular complexity index is 3520. The number of aromatic nitrogens is 3. The van der Waals surface area contributed by atoms with Crippen molar-refractivity contribution < 1.29 is 20.9 Å². The maximum absolute atomic E-state index is 9.50. The van der Waals surface area contributed by atoms with Gasteiger partial charge in [0.2, 0.25) is 0 Å². The fraction of sp³-hybridized carbons (Fsp3) is 0. The first-order valence-corrected chi connectivity index (χ1v) is 15.9. The number of hydrogen-bond acceptors (Lipinski definition) is 3. The summed E-state index contributed by atoms with van der Waals surface area (Å²) in [6.07, 6.45) is 0. The molecule has 50 heavy (non-hydrogen) atoms. The monoisotopic (exact) mass is 651 g/mol. The summed E-state index contributed by atoms with van der Waals surface area (Å²) < 4.78 is 114. The average Bonchev–Trinajstić information content (AvgIpc) is 3.85.